The predicted molar refractivity (Wildman–Crippen MR) is 86.1 cm³/mol. The van der Waals surface area contributed by atoms with Crippen LogP contribution in [-0.2, 0) is 4.74 Å². The van der Waals surface area contributed by atoms with E-state index in [1.165, 1.54) is 42.1 Å². The number of hydrogen-bond acceptors (Lipinski definition) is 5. The summed E-state index contributed by atoms with van der Waals surface area (Å²) >= 11 is 0. The van der Waals surface area contributed by atoms with Gasteiger partial charge in [-0.3, -0.25) is 19.5 Å². The number of fused-ring (bicyclic) bond motifs is 1. The van der Waals surface area contributed by atoms with Crippen molar-refractivity contribution in [1.82, 2.24) is 4.57 Å². The van der Waals surface area contributed by atoms with Gasteiger partial charge >= 0.3 is 5.97 Å². The van der Waals surface area contributed by atoms with Crippen LogP contribution >= 0.6 is 0 Å². The lowest BCUT2D eigenvalue weighted by atomic mass is 10.1. The van der Waals surface area contributed by atoms with E-state index >= 15 is 0 Å². The van der Waals surface area contributed by atoms with E-state index in [1.54, 1.807) is 24.3 Å². The van der Waals surface area contributed by atoms with Crippen molar-refractivity contribution >= 4 is 28.5 Å². The largest absolute Gasteiger partial charge is 0.465 e. The highest BCUT2D eigenvalue weighted by molar-refractivity contribution is 6.10. The number of ether oxygens (including phenoxy) is 1. The summed E-state index contributed by atoms with van der Waals surface area (Å²) in [7, 11) is 1.26. The third-order valence-electron chi connectivity index (χ3n) is 3.64. The highest BCUT2D eigenvalue weighted by Gasteiger charge is 2.20. The van der Waals surface area contributed by atoms with Crippen molar-refractivity contribution in [1.29, 1.82) is 0 Å². The summed E-state index contributed by atoms with van der Waals surface area (Å²) in [5.41, 5.74) is 0.758. The molecule has 0 amide bonds. The summed E-state index contributed by atoms with van der Waals surface area (Å²) in [5.74, 6) is -1.03. The van der Waals surface area contributed by atoms with Crippen LogP contribution in [0.3, 0.4) is 0 Å². The van der Waals surface area contributed by atoms with E-state index in [0.29, 0.717) is 10.9 Å². The molecule has 0 N–H and O–H groups in total. The maximum atomic E-state index is 12.7. The lowest BCUT2D eigenvalue weighted by molar-refractivity contribution is -0.384. The zero-order valence-electron chi connectivity index (χ0n) is 12.6. The van der Waals surface area contributed by atoms with Gasteiger partial charge in [-0.2, -0.15) is 0 Å². The molecule has 0 spiro atoms. The van der Waals surface area contributed by atoms with E-state index in [1.807, 2.05) is 0 Å². The molecule has 0 aliphatic heterocycles. The number of methoxy groups -OCH3 is 1. The predicted octanol–water partition coefficient (Wildman–Crippen LogP) is 3.02. The number of para-hydroxylation sites is 1. The van der Waals surface area contributed by atoms with Gasteiger partial charge in [0.1, 0.15) is 0 Å². The standard InChI is InChI=1S/C17H12N2O5/c1-24-17(21)14-10-18(15-8-3-2-7-13(14)15)16(20)11-5-4-6-12(9-11)19(22)23/h2-10H,1H3. The number of carbonyl (C=O) groups is 2. The van der Waals surface area contributed by atoms with E-state index < -0.39 is 16.8 Å². The highest BCUT2D eigenvalue weighted by atomic mass is 16.6. The zero-order valence-corrected chi connectivity index (χ0v) is 12.6. The number of rotatable bonds is 3. The van der Waals surface area contributed by atoms with E-state index in [-0.39, 0.29) is 16.8 Å². The van der Waals surface area contributed by atoms with Crippen molar-refractivity contribution in [3.05, 3.63) is 76.0 Å². The highest BCUT2D eigenvalue weighted by Crippen LogP contribution is 2.24. The first-order valence-corrected chi connectivity index (χ1v) is 7.00. The number of hydrogen-bond donors (Lipinski definition) is 0. The van der Waals surface area contributed by atoms with Gasteiger partial charge in [0.15, 0.2) is 0 Å². The molecule has 0 atom stereocenters. The molecule has 3 rings (SSSR count). The van der Waals surface area contributed by atoms with E-state index in [2.05, 4.69) is 0 Å². The average Bonchev–Trinajstić information content (AvgIpc) is 3.00. The molecule has 0 saturated carbocycles. The molecule has 7 nitrogen and oxygen atoms in total. The summed E-state index contributed by atoms with van der Waals surface area (Å²) in [5, 5.41) is 11.5. The van der Waals surface area contributed by atoms with Gasteiger partial charge in [-0.15, -0.1) is 0 Å². The summed E-state index contributed by atoms with van der Waals surface area (Å²) in [6, 6.07) is 12.3. The lowest BCUT2D eigenvalue weighted by Gasteiger charge is -2.04. The summed E-state index contributed by atoms with van der Waals surface area (Å²) in [6.45, 7) is 0. The SMILES string of the molecule is COC(=O)c1cn(C(=O)c2cccc([N+](=O)[O-])c2)c2ccccc12. The van der Waals surface area contributed by atoms with E-state index in [0.717, 1.165) is 0 Å². The molecule has 1 aromatic heterocycles. The van der Waals surface area contributed by atoms with E-state index in [4.69, 9.17) is 4.74 Å². The Morgan fingerprint density at radius 1 is 1.12 bits per heavy atom. The van der Waals surface area contributed by atoms with Crippen LogP contribution in [0.15, 0.2) is 54.7 Å². The number of aromatic nitrogens is 1. The maximum absolute atomic E-state index is 12.7. The van der Waals surface area contributed by atoms with Gasteiger partial charge in [0.05, 0.1) is 23.1 Å². The molecule has 0 radical (unpaired) electrons. The van der Waals surface area contributed by atoms with Gasteiger partial charge in [-0.05, 0) is 12.1 Å². The second-order valence-corrected chi connectivity index (χ2v) is 5.03. The molecule has 0 aliphatic carbocycles. The summed E-state index contributed by atoms with van der Waals surface area (Å²) in [6.07, 6.45) is 1.39. The van der Waals surface area contributed by atoms with Crippen molar-refractivity contribution in [3.8, 4) is 0 Å². The fourth-order valence-electron chi connectivity index (χ4n) is 2.51. The lowest BCUT2D eigenvalue weighted by Crippen LogP contribution is -2.11. The van der Waals surface area contributed by atoms with Crippen LogP contribution in [0.1, 0.15) is 20.7 Å². The number of nitrogens with zero attached hydrogens (tertiary/aromatic N) is 2. The van der Waals surface area contributed by atoms with Crippen LogP contribution in [0.5, 0.6) is 0 Å². The molecule has 0 bridgehead atoms. The third kappa shape index (κ3) is 2.52. The minimum absolute atomic E-state index is 0.154. The van der Waals surface area contributed by atoms with Crippen LogP contribution in [0.2, 0.25) is 0 Å². The third-order valence-corrected chi connectivity index (χ3v) is 3.64. The summed E-state index contributed by atoms with van der Waals surface area (Å²) < 4.78 is 6.03. The Bertz CT molecular complexity index is 974. The van der Waals surface area contributed by atoms with Crippen LogP contribution in [0.25, 0.3) is 10.9 Å². The number of non-ortho nitro benzene ring substituents is 1. The van der Waals surface area contributed by atoms with Gasteiger partial charge in [0, 0.05) is 29.3 Å². The Kier molecular flexibility index (Phi) is 3.83. The number of benzene rings is 2. The summed E-state index contributed by atoms with van der Waals surface area (Å²) in [4.78, 5) is 35.0. The van der Waals surface area contributed by atoms with Crippen LogP contribution in [-0.4, -0.2) is 28.5 Å². The van der Waals surface area contributed by atoms with Gasteiger partial charge < -0.3 is 4.74 Å². The first kappa shape index (κ1) is 15.4. The van der Waals surface area contributed by atoms with Gasteiger partial charge in [0.25, 0.3) is 11.6 Å². The van der Waals surface area contributed by atoms with Crippen LogP contribution < -0.4 is 0 Å². The normalized spacial score (nSPS) is 10.5. The Morgan fingerprint density at radius 3 is 2.58 bits per heavy atom. The van der Waals surface area contributed by atoms with Crippen LogP contribution in [0, 0.1) is 10.1 Å². The topological polar surface area (TPSA) is 91.4 Å². The average molecular weight is 324 g/mol. The van der Waals surface area contributed by atoms with Gasteiger partial charge in [-0.25, -0.2) is 4.79 Å². The van der Waals surface area contributed by atoms with Gasteiger partial charge in [-0.1, -0.05) is 24.3 Å². The minimum atomic E-state index is -0.565. The molecule has 3 aromatic rings. The Hall–Kier alpha value is -3.48. The molecule has 0 fully saturated rings. The van der Waals surface area contributed by atoms with Crippen molar-refractivity contribution < 1.29 is 19.2 Å². The first-order chi connectivity index (χ1) is 11.5. The minimum Gasteiger partial charge on any atom is -0.465 e. The van der Waals surface area contributed by atoms with Crippen molar-refractivity contribution in [2.75, 3.05) is 7.11 Å². The quantitative estimate of drug-likeness (QED) is 0.419. The first-order valence-electron chi connectivity index (χ1n) is 7.00. The second-order valence-electron chi connectivity index (χ2n) is 5.03. The maximum Gasteiger partial charge on any atom is 0.340 e. The van der Waals surface area contributed by atoms with Crippen molar-refractivity contribution in [2.24, 2.45) is 0 Å². The number of nitro benzene ring substituents is 1. The molecule has 24 heavy (non-hydrogen) atoms. The molecule has 0 aliphatic rings. The molecule has 1 heterocycles. The van der Waals surface area contributed by atoms with Crippen LogP contribution in [0.4, 0.5) is 5.69 Å². The zero-order chi connectivity index (χ0) is 17.3. The molecular weight excluding hydrogens is 312 g/mol. The molecule has 0 unspecified atom stereocenters. The van der Waals surface area contributed by atoms with Gasteiger partial charge in [0.2, 0.25) is 0 Å². The van der Waals surface area contributed by atoms with E-state index in [9.17, 15) is 19.7 Å². The Balaban J connectivity index is 2.16. The second kappa shape index (κ2) is 5.96. The molecule has 120 valence electrons. The molecule has 2 aromatic carbocycles. The molecule has 7 heteroatoms. The van der Waals surface area contributed by atoms with Crippen molar-refractivity contribution in [3.63, 3.8) is 0 Å². The molecular formula is C17H12N2O5. The Morgan fingerprint density at radius 2 is 1.88 bits per heavy atom. The molecule has 0 saturated heterocycles. The number of esters is 1. The monoisotopic (exact) mass is 324 g/mol. The smallest absolute Gasteiger partial charge is 0.340 e. The fourth-order valence-corrected chi connectivity index (χ4v) is 2.51. The van der Waals surface area contributed by atoms with Crippen molar-refractivity contribution in [2.45, 2.75) is 0 Å². The fraction of sp³-hybridized carbons (Fsp3) is 0.0588. The number of nitro groups is 1. The number of carbonyl (C=O) groups excluding carboxylic acids is 2. The Labute approximate surface area is 136 Å².